The lowest BCUT2D eigenvalue weighted by atomic mass is 10.2. The topological polar surface area (TPSA) is 102 Å². The second kappa shape index (κ2) is 6.47. The van der Waals surface area contributed by atoms with Crippen LogP contribution in [0.25, 0.3) is 0 Å². The molecule has 114 valence electrons. The Bertz CT molecular complexity index is 538. The van der Waals surface area contributed by atoms with Crippen LogP contribution in [0.5, 0.6) is 5.75 Å². The molecule has 0 radical (unpaired) electrons. The molecule has 6 nitrogen and oxygen atoms in total. The van der Waals surface area contributed by atoms with Gasteiger partial charge in [-0.15, -0.1) is 0 Å². The molecule has 1 fully saturated rings. The summed E-state index contributed by atoms with van der Waals surface area (Å²) < 4.78 is 5.49. The molecule has 1 amide bonds. The highest BCUT2D eigenvalue weighted by Crippen LogP contribution is 2.23. The van der Waals surface area contributed by atoms with Crippen LogP contribution in [0, 0.1) is 0 Å². The average molecular weight is 292 g/mol. The fourth-order valence-corrected chi connectivity index (χ4v) is 2.45. The van der Waals surface area contributed by atoms with Gasteiger partial charge in [0.1, 0.15) is 11.3 Å². The van der Waals surface area contributed by atoms with Crippen LogP contribution in [-0.4, -0.2) is 29.1 Å². The lowest BCUT2D eigenvalue weighted by molar-refractivity contribution is -0.128. The Labute approximate surface area is 123 Å². The normalized spacial score (nSPS) is 16.4. The lowest BCUT2D eigenvalue weighted by Crippen LogP contribution is -2.41. The molecule has 0 bridgehead atoms. The number of ether oxygens (including phenoxy) is 1. The number of carboxylic acid groups (broad SMARTS) is 1. The highest BCUT2D eigenvalue weighted by atomic mass is 16.5. The minimum Gasteiger partial charge on any atom is -0.480 e. The Morgan fingerprint density at radius 3 is 2.67 bits per heavy atom. The third kappa shape index (κ3) is 3.87. The number of aromatic carboxylic acids is 1. The number of carbonyl (C=O) groups excluding carboxylic acids is 1. The molecule has 0 heterocycles. The van der Waals surface area contributed by atoms with Crippen LogP contribution in [0.15, 0.2) is 18.2 Å². The summed E-state index contributed by atoms with van der Waals surface area (Å²) in [5, 5.41) is 12.0. The van der Waals surface area contributed by atoms with Gasteiger partial charge >= 0.3 is 5.97 Å². The highest BCUT2D eigenvalue weighted by Gasteiger charge is 2.23. The predicted molar refractivity (Wildman–Crippen MR) is 78.3 cm³/mol. The van der Waals surface area contributed by atoms with E-state index in [2.05, 4.69) is 5.32 Å². The fraction of sp³-hybridized carbons (Fsp3) is 0.467. The van der Waals surface area contributed by atoms with Crippen molar-refractivity contribution in [3.8, 4) is 5.75 Å². The minimum absolute atomic E-state index is 0.00952. The third-order valence-corrected chi connectivity index (χ3v) is 3.61. The zero-order chi connectivity index (χ0) is 15.4. The summed E-state index contributed by atoms with van der Waals surface area (Å²) in [7, 11) is 0. The molecule has 21 heavy (non-hydrogen) atoms. The van der Waals surface area contributed by atoms with Crippen molar-refractivity contribution in [1.82, 2.24) is 5.32 Å². The summed E-state index contributed by atoms with van der Waals surface area (Å²) in [6.45, 7) is 1.60. The summed E-state index contributed by atoms with van der Waals surface area (Å²) in [6, 6.07) is 4.47. The number of carbonyl (C=O) groups is 2. The molecule has 1 aromatic carbocycles. The summed E-state index contributed by atoms with van der Waals surface area (Å²) in [5.74, 6) is -1.24. The maximum atomic E-state index is 12.1. The summed E-state index contributed by atoms with van der Waals surface area (Å²) in [5.41, 5.74) is 6.02. The van der Waals surface area contributed by atoms with Crippen LogP contribution in [-0.2, 0) is 4.79 Å². The average Bonchev–Trinajstić information content (AvgIpc) is 2.91. The summed E-state index contributed by atoms with van der Waals surface area (Å²) in [4.78, 5) is 23.2. The summed E-state index contributed by atoms with van der Waals surface area (Å²) in [6.07, 6.45) is 3.44. The van der Waals surface area contributed by atoms with Crippen molar-refractivity contribution in [1.29, 1.82) is 0 Å². The minimum atomic E-state index is -1.12. The molecule has 0 aromatic heterocycles. The van der Waals surface area contributed by atoms with Crippen molar-refractivity contribution in [3.05, 3.63) is 23.8 Å². The molecular formula is C15H20N2O4. The smallest absolute Gasteiger partial charge is 0.339 e. The lowest BCUT2D eigenvalue weighted by Gasteiger charge is -2.19. The number of nitrogen functional groups attached to an aromatic ring is 1. The Kier molecular flexibility index (Phi) is 4.67. The predicted octanol–water partition coefficient (Wildman–Crippen LogP) is 1.79. The number of benzene rings is 1. The van der Waals surface area contributed by atoms with Gasteiger partial charge in [-0.25, -0.2) is 4.79 Å². The maximum absolute atomic E-state index is 12.1. The third-order valence-electron chi connectivity index (χ3n) is 3.61. The standard InChI is InChI=1S/C15H20N2O4/c1-9(14(18)17-11-4-2-3-5-11)21-13-8-10(16)6-7-12(13)15(19)20/h6-9,11H,2-5,16H2,1H3,(H,17,18)(H,19,20). The van der Waals surface area contributed by atoms with Gasteiger partial charge in [-0.1, -0.05) is 12.8 Å². The van der Waals surface area contributed by atoms with Crippen LogP contribution >= 0.6 is 0 Å². The van der Waals surface area contributed by atoms with E-state index in [1.54, 1.807) is 6.92 Å². The van der Waals surface area contributed by atoms with Gasteiger partial charge in [-0.3, -0.25) is 4.79 Å². The molecule has 1 aliphatic rings. The maximum Gasteiger partial charge on any atom is 0.339 e. The van der Waals surface area contributed by atoms with Gasteiger partial charge in [0, 0.05) is 17.8 Å². The number of nitrogens with one attached hydrogen (secondary N) is 1. The largest absolute Gasteiger partial charge is 0.480 e. The quantitative estimate of drug-likeness (QED) is 0.718. The monoisotopic (exact) mass is 292 g/mol. The van der Waals surface area contributed by atoms with E-state index in [4.69, 9.17) is 15.6 Å². The molecule has 2 rings (SSSR count). The van der Waals surface area contributed by atoms with E-state index in [0.717, 1.165) is 25.7 Å². The molecule has 4 N–H and O–H groups in total. The van der Waals surface area contributed by atoms with Crippen LogP contribution in [0.1, 0.15) is 43.0 Å². The SMILES string of the molecule is CC(Oc1cc(N)ccc1C(=O)O)C(=O)NC1CCCC1. The van der Waals surface area contributed by atoms with E-state index in [0.29, 0.717) is 5.69 Å². The van der Waals surface area contributed by atoms with Gasteiger partial charge in [0.25, 0.3) is 5.91 Å². The van der Waals surface area contributed by atoms with Gasteiger partial charge in [-0.05, 0) is 31.9 Å². The number of carboxylic acids is 1. The van der Waals surface area contributed by atoms with E-state index in [1.165, 1.54) is 18.2 Å². The van der Waals surface area contributed by atoms with E-state index in [1.807, 2.05) is 0 Å². The van der Waals surface area contributed by atoms with Crippen molar-refractivity contribution in [2.45, 2.75) is 44.8 Å². The molecule has 6 heteroatoms. The first-order valence-corrected chi connectivity index (χ1v) is 7.07. The number of hydrogen-bond donors (Lipinski definition) is 3. The highest BCUT2D eigenvalue weighted by molar-refractivity contribution is 5.92. The van der Waals surface area contributed by atoms with E-state index >= 15 is 0 Å². The van der Waals surface area contributed by atoms with Crippen LogP contribution in [0.2, 0.25) is 0 Å². The molecule has 1 saturated carbocycles. The Hall–Kier alpha value is -2.24. The van der Waals surface area contributed by atoms with E-state index in [9.17, 15) is 9.59 Å². The van der Waals surface area contributed by atoms with Crippen molar-refractivity contribution in [2.24, 2.45) is 0 Å². The van der Waals surface area contributed by atoms with Crippen molar-refractivity contribution in [3.63, 3.8) is 0 Å². The first-order chi connectivity index (χ1) is 9.97. The number of hydrogen-bond acceptors (Lipinski definition) is 4. The Morgan fingerprint density at radius 1 is 1.38 bits per heavy atom. The Morgan fingerprint density at radius 2 is 2.05 bits per heavy atom. The van der Waals surface area contributed by atoms with Gasteiger partial charge in [0.05, 0.1) is 0 Å². The zero-order valence-electron chi connectivity index (χ0n) is 12.0. The molecule has 1 aromatic rings. The van der Waals surface area contributed by atoms with Gasteiger partial charge in [0.15, 0.2) is 6.10 Å². The van der Waals surface area contributed by atoms with Gasteiger partial charge in [0.2, 0.25) is 0 Å². The number of nitrogens with two attached hydrogens (primary N) is 1. The van der Waals surface area contributed by atoms with E-state index in [-0.39, 0.29) is 23.3 Å². The fourth-order valence-electron chi connectivity index (χ4n) is 2.45. The van der Waals surface area contributed by atoms with Crippen molar-refractivity contribution in [2.75, 3.05) is 5.73 Å². The molecular weight excluding hydrogens is 272 g/mol. The van der Waals surface area contributed by atoms with Gasteiger partial charge in [-0.2, -0.15) is 0 Å². The molecule has 0 aliphatic heterocycles. The Balaban J connectivity index is 2.04. The molecule has 1 unspecified atom stereocenters. The second-order valence-electron chi connectivity index (χ2n) is 5.31. The zero-order valence-corrected chi connectivity index (χ0v) is 12.0. The van der Waals surface area contributed by atoms with Crippen LogP contribution in [0.4, 0.5) is 5.69 Å². The first-order valence-electron chi connectivity index (χ1n) is 7.07. The summed E-state index contributed by atoms with van der Waals surface area (Å²) >= 11 is 0. The second-order valence-corrected chi connectivity index (χ2v) is 5.31. The molecule has 0 saturated heterocycles. The van der Waals surface area contributed by atoms with Crippen molar-refractivity contribution >= 4 is 17.6 Å². The molecule has 1 aliphatic carbocycles. The van der Waals surface area contributed by atoms with Crippen molar-refractivity contribution < 1.29 is 19.4 Å². The van der Waals surface area contributed by atoms with E-state index < -0.39 is 12.1 Å². The molecule has 1 atom stereocenters. The molecule has 0 spiro atoms. The first kappa shape index (κ1) is 15.2. The van der Waals surface area contributed by atoms with Gasteiger partial charge < -0.3 is 20.9 Å². The number of anilines is 1. The number of rotatable bonds is 5. The van der Waals surface area contributed by atoms with Crippen LogP contribution in [0.3, 0.4) is 0 Å². The number of amides is 1. The van der Waals surface area contributed by atoms with Crippen LogP contribution < -0.4 is 15.8 Å².